The highest BCUT2D eigenvalue weighted by atomic mass is 16.6. The van der Waals surface area contributed by atoms with Crippen LogP contribution in [0.5, 0.6) is 0 Å². The Labute approximate surface area is 165 Å². The molecular formula is C21H27N5O2. The lowest BCUT2D eigenvalue weighted by molar-refractivity contribution is 0.0731. The van der Waals surface area contributed by atoms with E-state index in [2.05, 4.69) is 23.4 Å². The van der Waals surface area contributed by atoms with E-state index in [1.807, 2.05) is 26.0 Å². The van der Waals surface area contributed by atoms with Gasteiger partial charge in [0.2, 0.25) is 0 Å². The number of amides is 2. The fraction of sp³-hybridized carbons (Fsp3) is 0.333. The molecule has 0 aliphatic heterocycles. The molecule has 2 aromatic carbocycles. The molecule has 0 aromatic heterocycles. The first-order valence-electron chi connectivity index (χ1n) is 9.36. The molecule has 2 amide bonds. The number of anilines is 1. The Kier molecular flexibility index (Phi) is 5.96. The maximum atomic E-state index is 12.1. The van der Waals surface area contributed by atoms with E-state index >= 15 is 0 Å². The number of aryl methyl sites for hydroxylation is 2. The lowest BCUT2D eigenvalue weighted by Crippen LogP contribution is -2.49. The minimum absolute atomic E-state index is 0.164. The number of carbonyl (C=O) groups is 1. The minimum atomic E-state index is -0.533. The lowest BCUT2D eigenvalue weighted by Gasteiger charge is -2.23. The van der Waals surface area contributed by atoms with Crippen molar-refractivity contribution >= 4 is 17.9 Å². The molecule has 0 radical (unpaired) electrons. The second-order valence-corrected chi connectivity index (χ2v) is 7.09. The minimum Gasteiger partial charge on any atom is -0.388 e. The number of hydrazine groups is 2. The van der Waals surface area contributed by atoms with Crippen molar-refractivity contribution < 1.29 is 9.63 Å². The van der Waals surface area contributed by atoms with Gasteiger partial charge in [-0.3, -0.25) is 5.01 Å². The molecule has 1 aliphatic rings. The Bertz CT molecular complexity index is 894. The van der Waals surface area contributed by atoms with Crippen molar-refractivity contribution in [3.63, 3.8) is 0 Å². The van der Waals surface area contributed by atoms with Crippen LogP contribution in [0.2, 0.25) is 0 Å². The van der Waals surface area contributed by atoms with Crippen LogP contribution in [0.25, 0.3) is 0 Å². The maximum Gasteiger partial charge on any atom is 0.352 e. The molecule has 0 bridgehead atoms. The molecule has 0 fully saturated rings. The van der Waals surface area contributed by atoms with Crippen molar-refractivity contribution in [2.45, 2.75) is 39.2 Å². The molecule has 28 heavy (non-hydrogen) atoms. The van der Waals surface area contributed by atoms with Crippen molar-refractivity contribution in [3.8, 4) is 0 Å². The van der Waals surface area contributed by atoms with Crippen molar-refractivity contribution in [2.24, 2.45) is 16.8 Å². The van der Waals surface area contributed by atoms with E-state index in [1.54, 1.807) is 12.3 Å². The second kappa shape index (κ2) is 8.41. The molecule has 4 N–H and O–H groups in total. The number of urea groups is 1. The number of benzene rings is 2. The quantitative estimate of drug-likeness (QED) is 0.360. The third kappa shape index (κ3) is 4.00. The number of rotatable bonds is 5. The van der Waals surface area contributed by atoms with Gasteiger partial charge in [0.25, 0.3) is 0 Å². The van der Waals surface area contributed by atoms with E-state index in [-0.39, 0.29) is 6.10 Å². The Hall–Kier alpha value is -2.90. The summed E-state index contributed by atoms with van der Waals surface area (Å²) in [4.78, 5) is 17.9. The zero-order chi connectivity index (χ0) is 20.3. The summed E-state index contributed by atoms with van der Waals surface area (Å²) >= 11 is 0. The summed E-state index contributed by atoms with van der Waals surface area (Å²) in [6, 6.07) is 11.3. The number of nitrogens with two attached hydrogens (primary N) is 2. The highest BCUT2D eigenvalue weighted by molar-refractivity contribution is 5.98. The van der Waals surface area contributed by atoms with E-state index in [4.69, 9.17) is 16.5 Å². The Morgan fingerprint density at radius 2 is 1.96 bits per heavy atom. The first-order valence-corrected chi connectivity index (χ1v) is 9.36. The highest BCUT2D eigenvalue weighted by Crippen LogP contribution is 2.30. The number of hydrogen-bond acceptors (Lipinski definition) is 5. The standard InChI is InChI=1S/C21H27N5O2/c1-14-7-4-12-20(26(23)21(27)25(3)22)19(14)13-24-28-15(2)17-10-5-8-16-9-6-11-18(16)17/h4-5,7-8,10,12-13,15H,6,9,11,22-23H2,1-3H3/b24-13-. The first-order chi connectivity index (χ1) is 13.4. The predicted octanol–water partition coefficient (Wildman–Crippen LogP) is 3.20. The highest BCUT2D eigenvalue weighted by Gasteiger charge is 2.20. The van der Waals surface area contributed by atoms with Crippen LogP contribution in [0.15, 0.2) is 41.6 Å². The zero-order valence-corrected chi connectivity index (χ0v) is 16.6. The monoisotopic (exact) mass is 381 g/mol. The van der Waals surface area contributed by atoms with Gasteiger partial charge in [-0.15, -0.1) is 0 Å². The normalized spacial score (nSPS) is 14.0. The van der Waals surface area contributed by atoms with E-state index < -0.39 is 6.03 Å². The van der Waals surface area contributed by atoms with Crippen LogP contribution in [-0.2, 0) is 17.7 Å². The molecule has 1 atom stereocenters. The molecule has 7 nitrogen and oxygen atoms in total. The molecule has 3 rings (SSSR count). The Morgan fingerprint density at radius 1 is 1.21 bits per heavy atom. The van der Waals surface area contributed by atoms with Crippen LogP contribution in [0, 0.1) is 6.92 Å². The fourth-order valence-corrected chi connectivity index (χ4v) is 3.58. The van der Waals surface area contributed by atoms with Crippen LogP contribution in [0.1, 0.15) is 47.3 Å². The Balaban J connectivity index is 1.80. The summed E-state index contributed by atoms with van der Waals surface area (Å²) in [5.74, 6) is 11.5. The van der Waals surface area contributed by atoms with Crippen LogP contribution in [-0.4, -0.2) is 24.3 Å². The molecule has 7 heteroatoms. The van der Waals surface area contributed by atoms with Gasteiger partial charge in [0.15, 0.2) is 0 Å². The third-order valence-corrected chi connectivity index (χ3v) is 5.09. The number of carbonyl (C=O) groups excluding carboxylic acids is 1. The number of nitrogens with zero attached hydrogens (tertiary/aromatic N) is 3. The summed E-state index contributed by atoms with van der Waals surface area (Å²) in [5, 5.41) is 6.12. The maximum absolute atomic E-state index is 12.1. The van der Waals surface area contributed by atoms with Crippen LogP contribution in [0.3, 0.4) is 0 Å². The van der Waals surface area contributed by atoms with E-state index in [0.29, 0.717) is 11.3 Å². The molecule has 148 valence electrons. The first kappa shape index (κ1) is 19.9. The topological polar surface area (TPSA) is 97.2 Å². The van der Waals surface area contributed by atoms with E-state index in [9.17, 15) is 4.79 Å². The number of oxime groups is 1. The van der Waals surface area contributed by atoms with Gasteiger partial charge in [-0.05, 0) is 61.4 Å². The van der Waals surface area contributed by atoms with Crippen molar-refractivity contribution in [3.05, 3.63) is 64.2 Å². The molecule has 0 spiro atoms. The predicted molar refractivity (Wildman–Crippen MR) is 111 cm³/mol. The molecule has 1 aliphatic carbocycles. The van der Waals surface area contributed by atoms with E-state index in [1.165, 1.54) is 30.2 Å². The van der Waals surface area contributed by atoms with Gasteiger partial charge in [-0.2, -0.15) is 0 Å². The van der Waals surface area contributed by atoms with Crippen LogP contribution < -0.4 is 16.7 Å². The van der Waals surface area contributed by atoms with Crippen molar-refractivity contribution in [1.82, 2.24) is 5.01 Å². The molecular weight excluding hydrogens is 354 g/mol. The average Bonchev–Trinajstić information content (AvgIpc) is 3.16. The summed E-state index contributed by atoms with van der Waals surface area (Å²) in [5.41, 5.74) is 6.08. The van der Waals surface area contributed by atoms with Gasteiger partial charge in [0.05, 0.1) is 11.9 Å². The van der Waals surface area contributed by atoms with Gasteiger partial charge >= 0.3 is 6.03 Å². The molecule has 0 saturated heterocycles. The lowest BCUT2D eigenvalue weighted by atomic mass is 10.00. The van der Waals surface area contributed by atoms with Crippen LogP contribution in [0.4, 0.5) is 10.5 Å². The van der Waals surface area contributed by atoms with Gasteiger partial charge in [-0.1, -0.05) is 35.5 Å². The Morgan fingerprint density at radius 3 is 2.71 bits per heavy atom. The van der Waals surface area contributed by atoms with Crippen molar-refractivity contribution in [2.75, 3.05) is 12.1 Å². The summed E-state index contributed by atoms with van der Waals surface area (Å²) in [7, 11) is 1.44. The van der Waals surface area contributed by atoms with Crippen molar-refractivity contribution in [1.29, 1.82) is 0 Å². The fourth-order valence-electron chi connectivity index (χ4n) is 3.58. The third-order valence-electron chi connectivity index (χ3n) is 5.09. The number of hydrogen-bond donors (Lipinski definition) is 2. The molecule has 0 heterocycles. The van der Waals surface area contributed by atoms with Gasteiger partial charge in [0, 0.05) is 12.6 Å². The molecule has 2 aromatic rings. The average molecular weight is 381 g/mol. The molecule has 0 saturated carbocycles. The smallest absolute Gasteiger partial charge is 0.352 e. The van der Waals surface area contributed by atoms with Crippen LogP contribution >= 0.6 is 0 Å². The van der Waals surface area contributed by atoms with Gasteiger partial charge < -0.3 is 4.84 Å². The molecule has 1 unspecified atom stereocenters. The largest absolute Gasteiger partial charge is 0.388 e. The summed E-state index contributed by atoms with van der Waals surface area (Å²) < 4.78 is 0. The number of fused-ring (bicyclic) bond motifs is 1. The van der Waals surface area contributed by atoms with Gasteiger partial charge in [0.1, 0.15) is 6.10 Å². The zero-order valence-electron chi connectivity index (χ0n) is 16.6. The summed E-state index contributed by atoms with van der Waals surface area (Å²) in [6.07, 6.45) is 4.82. The second-order valence-electron chi connectivity index (χ2n) is 7.09. The summed E-state index contributed by atoms with van der Waals surface area (Å²) in [6.45, 7) is 3.91. The van der Waals surface area contributed by atoms with Gasteiger partial charge in [-0.25, -0.2) is 21.5 Å². The van der Waals surface area contributed by atoms with E-state index in [0.717, 1.165) is 28.4 Å². The SMILES string of the molecule is Cc1cccc(N(N)C(=O)N(C)N)c1/C=N\OC(C)c1cccc2c1CCC2.